The van der Waals surface area contributed by atoms with Gasteiger partial charge in [0.15, 0.2) is 0 Å². The van der Waals surface area contributed by atoms with Crippen LogP contribution in [0.3, 0.4) is 0 Å². The standard InChI is InChI=1S/C24H26ClN3O4S/c1-17-15-22(27(2)23(17)24(29)19-5-7-20(25)8-6-19)16-18-3-9-21(10-4-18)26-33(30,31)28-11-13-32-14-12-28/h3-10,15,26H,11-14,16H2,1-2H3. The van der Waals surface area contributed by atoms with E-state index in [4.69, 9.17) is 16.3 Å². The summed E-state index contributed by atoms with van der Waals surface area (Å²) >= 11 is 5.94. The predicted octanol–water partition coefficient (Wildman–Crippen LogP) is 3.80. The number of morpholine rings is 1. The number of rotatable bonds is 7. The average molecular weight is 488 g/mol. The summed E-state index contributed by atoms with van der Waals surface area (Å²) in [7, 11) is -1.72. The fourth-order valence-corrected chi connectivity index (χ4v) is 5.28. The van der Waals surface area contributed by atoms with Crippen molar-refractivity contribution in [2.24, 2.45) is 7.05 Å². The Bertz CT molecular complexity index is 1250. The minimum Gasteiger partial charge on any atom is -0.379 e. The zero-order valence-electron chi connectivity index (χ0n) is 18.5. The molecule has 0 unspecified atom stereocenters. The van der Waals surface area contributed by atoms with Crippen LogP contribution in [0.5, 0.6) is 0 Å². The van der Waals surface area contributed by atoms with Crippen molar-refractivity contribution in [3.63, 3.8) is 0 Å². The second kappa shape index (κ2) is 9.69. The van der Waals surface area contributed by atoms with Gasteiger partial charge >= 0.3 is 10.2 Å². The maximum absolute atomic E-state index is 13.0. The molecular weight excluding hydrogens is 462 g/mol. The Labute approximate surface area is 199 Å². The van der Waals surface area contributed by atoms with E-state index in [2.05, 4.69) is 4.72 Å². The van der Waals surface area contributed by atoms with Crippen LogP contribution >= 0.6 is 11.6 Å². The molecule has 9 heteroatoms. The number of carbonyl (C=O) groups is 1. The molecule has 2 heterocycles. The van der Waals surface area contributed by atoms with Gasteiger partial charge in [-0.2, -0.15) is 12.7 Å². The largest absolute Gasteiger partial charge is 0.379 e. The van der Waals surface area contributed by atoms with Gasteiger partial charge in [0.2, 0.25) is 5.78 Å². The summed E-state index contributed by atoms with van der Waals surface area (Å²) in [4.78, 5) is 13.0. The first-order valence-corrected chi connectivity index (χ1v) is 12.5. The zero-order valence-corrected chi connectivity index (χ0v) is 20.1. The number of nitrogens with zero attached hydrogens (tertiary/aromatic N) is 2. The van der Waals surface area contributed by atoms with Crippen LogP contribution in [0, 0.1) is 6.92 Å². The van der Waals surface area contributed by atoms with Crippen molar-refractivity contribution in [2.45, 2.75) is 13.3 Å². The topological polar surface area (TPSA) is 80.6 Å². The SMILES string of the molecule is Cc1cc(Cc2ccc(NS(=O)(=O)N3CCOCC3)cc2)n(C)c1C(=O)c1ccc(Cl)cc1. The van der Waals surface area contributed by atoms with Crippen LogP contribution in [0.15, 0.2) is 54.6 Å². The Morgan fingerprint density at radius 3 is 2.33 bits per heavy atom. The van der Waals surface area contributed by atoms with Gasteiger partial charge in [-0.3, -0.25) is 9.52 Å². The third-order valence-corrected chi connectivity index (χ3v) is 7.53. The van der Waals surface area contributed by atoms with Crippen molar-refractivity contribution in [3.8, 4) is 0 Å². The van der Waals surface area contributed by atoms with E-state index >= 15 is 0 Å². The van der Waals surface area contributed by atoms with E-state index in [-0.39, 0.29) is 5.78 Å². The molecule has 1 saturated heterocycles. The highest BCUT2D eigenvalue weighted by molar-refractivity contribution is 7.90. The second-order valence-corrected chi connectivity index (χ2v) is 10.2. The summed E-state index contributed by atoms with van der Waals surface area (Å²) in [6.07, 6.45) is 0.613. The average Bonchev–Trinajstić information content (AvgIpc) is 3.08. The van der Waals surface area contributed by atoms with Crippen LogP contribution in [0.25, 0.3) is 0 Å². The molecule has 0 spiro atoms. The number of benzene rings is 2. The maximum Gasteiger partial charge on any atom is 0.301 e. The lowest BCUT2D eigenvalue weighted by Gasteiger charge is -2.26. The van der Waals surface area contributed by atoms with Gasteiger partial charge < -0.3 is 9.30 Å². The minimum atomic E-state index is -3.60. The van der Waals surface area contributed by atoms with Gasteiger partial charge in [-0.1, -0.05) is 23.7 Å². The molecule has 1 aromatic heterocycles. The van der Waals surface area contributed by atoms with Gasteiger partial charge in [0.1, 0.15) is 0 Å². The molecular formula is C24H26ClN3O4S. The van der Waals surface area contributed by atoms with E-state index < -0.39 is 10.2 Å². The number of hydrogen-bond donors (Lipinski definition) is 1. The molecule has 1 fully saturated rings. The molecule has 4 rings (SSSR count). The highest BCUT2D eigenvalue weighted by Gasteiger charge is 2.24. The summed E-state index contributed by atoms with van der Waals surface area (Å²) in [6, 6.07) is 16.2. The molecule has 0 aliphatic carbocycles. The van der Waals surface area contributed by atoms with E-state index in [1.54, 1.807) is 36.4 Å². The molecule has 0 atom stereocenters. The molecule has 0 bridgehead atoms. The van der Waals surface area contributed by atoms with Crippen LogP contribution in [-0.2, 0) is 28.4 Å². The number of ether oxygens (including phenoxy) is 1. The van der Waals surface area contributed by atoms with E-state index in [1.807, 2.05) is 36.7 Å². The summed E-state index contributed by atoms with van der Waals surface area (Å²) in [5, 5.41) is 0.589. The molecule has 1 aliphatic heterocycles. The van der Waals surface area contributed by atoms with Crippen LogP contribution in [0.1, 0.15) is 32.9 Å². The van der Waals surface area contributed by atoms with Gasteiger partial charge in [-0.05, 0) is 60.5 Å². The van der Waals surface area contributed by atoms with Crippen LogP contribution in [0.2, 0.25) is 5.02 Å². The Hall–Kier alpha value is -2.65. The lowest BCUT2D eigenvalue weighted by Crippen LogP contribution is -2.43. The summed E-state index contributed by atoms with van der Waals surface area (Å²) in [6.45, 7) is 3.42. The first-order valence-electron chi connectivity index (χ1n) is 10.6. The number of aromatic nitrogens is 1. The van der Waals surface area contributed by atoms with E-state index in [1.165, 1.54) is 4.31 Å². The number of aryl methyl sites for hydroxylation is 1. The third-order valence-electron chi connectivity index (χ3n) is 5.74. The van der Waals surface area contributed by atoms with E-state index in [0.29, 0.717) is 54.7 Å². The van der Waals surface area contributed by atoms with Gasteiger partial charge in [0.25, 0.3) is 0 Å². The molecule has 33 heavy (non-hydrogen) atoms. The maximum atomic E-state index is 13.0. The molecule has 2 aromatic carbocycles. The Morgan fingerprint density at radius 2 is 1.70 bits per heavy atom. The normalized spacial score (nSPS) is 14.9. The Balaban J connectivity index is 1.48. The van der Waals surface area contributed by atoms with Crippen molar-refractivity contribution in [2.75, 3.05) is 31.0 Å². The van der Waals surface area contributed by atoms with E-state index in [0.717, 1.165) is 16.8 Å². The van der Waals surface area contributed by atoms with Crippen molar-refractivity contribution in [3.05, 3.63) is 87.7 Å². The van der Waals surface area contributed by atoms with Crippen LogP contribution in [-0.4, -0.2) is 49.4 Å². The van der Waals surface area contributed by atoms with E-state index in [9.17, 15) is 13.2 Å². The fraction of sp³-hybridized carbons (Fsp3) is 0.292. The lowest BCUT2D eigenvalue weighted by molar-refractivity contribution is 0.0733. The Kier molecular flexibility index (Phi) is 6.90. The van der Waals surface area contributed by atoms with Crippen molar-refractivity contribution < 1.29 is 17.9 Å². The van der Waals surface area contributed by atoms with Crippen LogP contribution in [0.4, 0.5) is 5.69 Å². The number of ketones is 1. The molecule has 0 radical (unpaired) electrons. The number of hydrogen-bond acceptors (Lipinski definition) is 4. The van der Waals surface area contributed by atoms with Gasteiger partial charge in [-0.15, -0.1) is 0 Å². The molecule has 7 nitrogen and oxygen atoms in total. The van der Waals surface area contributed by atoms with Crippen LogP contribution < -0.4 is 4.72 Å². The van der Waals surface area contributed by atoms with Crippen molar-refractivity contribution >= 4 is 33.3 Å². The third kappa shape index (κ3) is 5.30. The van der Waals surface area contributed by atoms with Gasteiger partial charge in [0.05, 0.1) is 18.9 Å². The second-order valence-electron chi connectivity index (χ2n) is 8.05. The number of nitrogens with one attached hydrogen (secondary N) is 1. The molecule has 0 amide bonds. The monoisotopic (exact) mass is 487 g/mol. The highest BCUT2D eigenvalue weighted by Crippen LogP contribution is 2.22. The predicted molar refractivity (Wildman–Crippen MR) is 129 cm³/mol. The zero-order chi connectivity index (χ0) is 23.6. The first kappa shape index (κ1) is 23.5. The molecule has 174 valence electrons. The van der Waals surface area contributed by atoms with Gasteiger partial charge in [-0.25, -0.2) is 0 Å². The minimum absolute atomic E-state index is 0.0502. The number of carbonyl (C=O) groups excluding carboxylic acids is 1. The van der Waals surface area contributed by atoms with Crippen molar-refractivity contribution in [1.29, 1.82) is 0 Å². The number of halogens is 1. The number of anilines is 1. The molecule has 1 N–H and O–H groups in total. The van der Waals surface area contributed by atoms with Crippen molar-refractivity contribution in [1.82, 2.24) is 8.87 Å². The summed E-state index contributed by atoms with van der Waals surface area (Å²) < 4.78 is 36.2. The summed E-state index contributed by atoms with van der Waals surface area (Å²) in [5.74, 6) is -0.0502. The quantitative estimate of drug-likeness (QED) is 0.514. The first-order chi connectivity index (χ1) is 15.7. The highest BCUT2D eigenvalue weighted by atomic mass is 35.5. The molecule has 1 aliphatic rings. The summed E-state index contributed by atoms with van der Waals surface area (Å²) in [5.41, 5.74) is 4.64. The fourth-order valence-electron chi connectivity index (χ4n) is 3.96. The smallest absolute Gasteiger partial charge is 0.301 e. The molecule has 0 saturated carbocycles. The lowest BCUT2D eigenvalue weighted by atomic mass is 10.1. The molecule has 3 aromatic rings. The van der Waals surface area contributed by atoms with Gasteiger partial charge in [0, 0.05) is 48.5 Å². The Morgan fingerprint density at radius 1 is 1.06 bits per heavy atom.